The van der Waals surface area contributed by atoms with Crippen molar-refractivity contribution in [3.63, 3.8) is 0 Å². The Labute approximate surface area is 57.9 Å². The van der Waals surface area contributed by atoms with E-state index in [1.165, 1.54) is 6.20 Å². The highest BCUT2D eigenvalue weighted by molar-refractivity contribution is 6.29. The quantitative estimate of drug-likeness (QED) is 0.626. The van der Waals surface area contributed by atoms with E-state index in [0.29, 0.717) is 17.4 Å². The Morgan fingerprint density at radius 1 is 1.56 bits per heavy atom. The van der Waals surface area contributed by atoms with Crippen LogP contribution in [0.5, 0.6) is 0 Å². The molecule has 0 atom stereocenters. The molecule has 0 unspecified atom stereocenters. The molecule has 0 fully saturated rings. The van der Waals surface area contributed by atoms with Crippen LogP contribution in [0.2, 0.25) is 5.15 Å². The summed E-state index contributed by atoms with van der Waals surface area (Å²) in [6.45, 7) is 0.382. The molecule has 0 saturated carbocycles. The van der Waals surface area contributed by atoms with Gasteiger partial charge in [0, 0.05) is 12.7 Å². The fraction of sp³-hybridized carbons (Fsp3) is 0.200. The summed E-state index contributed by atoms with van der Waals surface area (Å²) in [4.78, 5) is 7.65. The van der Waals surface area contributed by atoms with Crippen LogP contribution in [0.1, 0.15) is 5.69 Å². The lowest BCUT2D eigenvalue weighted by Gasteiger charge is -1.92. The average molecular weight is 144 g/mol. The fourth-order valence-corrected chi connectivity index (χ4v) is 0.643. The topological polar surface area (TPSA) is 51.8 Å². The molecule has 0 radical (unpaired) electrons. The van der Waals surface area contributed by atoms with Crippen LogP contribution in [0.3, 0.4) is 0 Å². The van der Waals surface area contributed by atoms with Crippen LogP contribution < -0.4 is 5.73 Å². The molecule has 0 aliphatic rings. The SMILES string of the molecule is NCc1cncc(Cl)n1. The molecule has 0 aliphatic heterocycles. The highest BCUT2D eigenvalue weighted by Crippen LogP contribution is 2.00. The standard InChI is InChI=1S/C5H6ClN3/c6-5-3-8-2-4(1-7)9-5/h2-3H,1,7H2. The van der Waals surface area contributed by atoms with Crippen LogP contribution in [0.15, 0.2) is 12.4 Å². The van der Waals surface area contributed by atoms with Crippen LogP contribution in [-0.2, 0) is 6.54 Å². The Bertz CT molecular complexity index is 201. The number of hydrogen-bond donors (Lipinski definition) is 1. The minimum atomic E-state index is 0.382. The summed E-state index contributed by atoms with van der Waals surface area (Å²) in [6, 6.07) is 0. The van der Waals surface area contributed by atoms with Gasteiger partial charge in [-0.3, -0.25) is 4.98 Å². The molecule has 0 saturated heterocycles. The van der Waals surface area contributed by atoms with Gasteiger partial charge in [0.15, 0.2) is 0 Å². The van der Waals surface area contributed by atoms with Gasteiger partial charge in [-0.25, -0.2) is 4.98 Å². The Balaban J connectivity index is 2.94. The van der Waals surface area contributed by atoms with Crippen molar-refractivity contribution in [2.24, 2.45) is 5.73 Å². The normalized spacial score (nSPS) is 9.56. The summed E-state index contributed by atoms with van der Waals surface area (Å²) in [6.07, 6.45) is 3.06. The molecule has 1 rings (SSSR count). The van der Waals surface area contributed by atoms with Gasteiger partial charge in [-0.2, -0.15) is 0 Å². The summed E-state index contributed by atoms with van der Waals surface area (Å²) in [5, 5.41) is 0.387. The molecule has 9 heavy (non-hydrogen) atoms. The Morgan fingerprint density at radius 2 is 2.33 bits per heavy atom. The summed E-state index contributed by atoms with van der Waals surface area (Å²) in [5.74, 6) is 0. The van der Waals surface area contributed by atoms with Gasteiger partial charge in [-0.15, -0.1) is 0 Å². The predicted molar refractivity (Wildman–Crippen MR) is 34.9 cm³/mol. The summed E-state index contributed by atoms with van der Waals surface area (Å²) < 4.78 is 0. The monoisotopic (exact) mass is 143 g/mol. The molecule has 1 aromatic heterocycles. The number of nitrogens with two attached hydrogens (primary N) is 1. The van der Waals surface area contributed by atoms with Crippen molar-refractivity contribution in [3.05, 3.63) is 23.2 Å². The first kappa shape index (κ1) is 6.45. The van der Waals surface area contributed by atoms with Gasteiger partial charge in [0.25, 0.3) is 0 Å². The number of nitrogens with zero attached hydrogens (tertiary/aromatic N) is 2. The van der Waals surface area contributed by atoms with Crippen molar-refractivity contribution in [2.45, 2.75) is 6.54 Å². The molecule has 1 heterocycles. The number of hydrogen-bond acceptors (Lipinski definition) is 3. The predicted octanol–water partition coefficient (Wildman–Crippen LogP) is 0.589. The highest BCUT2D eigenvalue weighted by atomic mass is 35.5. The number of rotatable bonds is 1. The third-order valence-electron chi connectivity index (χ3n) is 0.864. The third-order valence-corrected chi connectivity index (χ3v) is 1.05. The van der Waals surface area contributed by atoms with Gasteiger partial charge in [0.2, 0.25) is 0 Å². The first-order valence-corrected chi connectivity index (χ1v) is 2.87. The van der Waals surface area contributed by atoms with Crippen LogP contribution in [0, 0.1) is 0 Å². The molecular weight excluding hydrogens is 138 g/mol. The van der Waals surface area contributed by atoms with Crippen molar-refractivity contribution in [3.8, 4) is 0 Å². The van der Waals surface area contributed by atoms with E-state index in [4.69, 9.17) is 17.3 Å². The second kappa shape index (κ2) is 2.75. The van der Waals surface area contributed by atoms with Gasteiger partial charge in [-0.1, -0.05) is 11.6 Å². The van der Waals surface area contributed by atoms with Gasteiger partial charge >= 0.3 is 0 Å². The zero-order valence-corrected chi connectivity index (χ0v) is 5.47. The summed E-state index contributed by atoms with van der Waals surface area (Å²) >= 11 is 5.49. The van der Waals surface area contributed by atoms with E-state index in [1.807, 2.05) is 0 Å². The number of halogens is 1. The van der Waals surface area contributed by atoms with Gasteiger partial charge in [0.1, 0.15) is 5.15 Å². The molecule has 3 nitrogen and oxygen atoms in total. The first-order chi connectivity index (χ1) is 4.33. The molecule has 2 N–H and O–H groups in total. The van der Waals surface area contributed by atoms with Crippen LogP contribution in [0.4, 0.5) is 0 Å². The third kappa shape index (κ3) is 1.62. The molecule has 48 valence electrons. The summed E-state index contributed by atoms with van der Waals surface area (Å²) in [5.41, 5.74) is 5.97. The highest BCUT2D eigenvalue weighted by Gasteiger charge is 1.90. The van der Waals surface area contributed by atoms with E-state index in [2.05, 4.69) is 9.97 Å². The second-order valence-electron chi connectivity index (χ2n) is 1.54. The smallest absolute Gasteiger partial charge is 0.147 e. The van der Waals surface area contributed by atoms with Crippen molar-refractivity contribution in [1.82, 2.24) is 9.97 Å². The van der Waals surface area contributed by atoms with Gasteiger partial charge < -0.3 is 5.73 Å². The van der Waals surface area contributed by atoms with Gasteiger partial charge in [-0.05, 0) is 0 Å². The van der Waals surface area contributed by atoms with Gasteiger partial charge in [0.05, 0.1) is 11.9 Å². The van der Waals surface area contributed by atoms with E-state index in [9.17, 15) is 0 Å². The lowest BCUT2D eigenvalue weighted by molar-refractivity contribution is 0.964. The van der Waals surface area contributed by atoms with Crippen molar-refractivity contribution < 1.29 is 0 Å². The number of aromatic nitrogens is 2. The van der Waals surface area contributed by atoms with Crippen LogP contribution in [0.25, 0.3) is 0 Å². The van der Waals surface area contributed by atoms with Crippen LogP contribution in [-0.4, -0.2) is 9.97 Å². The van der Waals surface area contributed by atoms with Crippen molar-refractivity contribution in [2.75, 3.05) is 0 Å². The summed E-state index contributed by atoms with van der Waals surface area (Å²) in [7, 11) is 0. The zero-order chi connectivity index (χ0) is 6.69. The molecule has 0 aromatic carbocycles. The minimum Gasteiger partial charge on any atom is -0.325 e. The average Bonchev–Trinajstić information content (AvgIpc) is 1.88. The maximum atomic E-state index is 5.49. The molecule has 0 spiro atoms. The van der Waals surface area contributed by atoms with E-state index in [1.54, 1.807) is 6.20 Å². The maximum absolute atomic E-state index is 5.49. The Morgan fingerprint density at radius 3 is 2.78 bits per heavy atom. The van der Waals surface area contributed by atoms with E-state index in [-0.39, 0.29) is 0 Å². The zero-order valence-electron chi connectivity index (χ0n) is 4.71. The molecule has 4 heteroatoms. The van der Waals surface area contributed by atoms with E-state index >= 15 is 0 Å². The van der Waals surface area contributed by atoms with E-state index < -0.39 is 0 Å². The Hall–Kier alpha value is -0.670. The first-order valence-electron chi connectivity index (χ1n) is 2.49. The second-order valence-corrected chi connectivity index (χ2v) is 1.92. The van der Waals surface area contributed by atoms with E-state index in [0.717, 1.165) is 0 Å². The molecule has 1 aromatic rings. The lowest BCUT2D eigenvalue weighted by atomic mass is 10.5. The molecule has 0 amide bonds. The molecule has 0 aliphatic carbocycles. The lowest BCUT2D eigenvalue weighted by Crippen LogP contribution is -1.99. The molecular formula is C5H6ClN3. The fourth-order valence-electron chi connectivity index (χ4n) is 0.478. The minimum absolute atomic E-state index is 0.382. The maximum Gasteiger partial charge on any atom is 0.147 e. The Kier molecular flexibility index (Phi) is 1.97. The molecule has 0 bridgehead atoms. The van der Waals surface area contributed by atoms with Crippen molar-refractivity contribution in [1.29, 1.82) is 0 Å². The largest absolute Gasteiger partial charge is 0.325 e. The van der Waals surface area contributed by atoms with Crippen LogP contribution >= 0.6 is 11.6 Å². The van der Waals surface area contributed by atoms with Crippen molar-refractivity contribution >= 4 is 11.6 Å².